The van der Waals surface area contributed by atoms with Gasteiger partial charge in [-0.1, -0.05) is 19.6 Å². The van der Waals surface area contributed by atoms with E-state index < -0.39 is 13.5 Å². The van der Waals surface area contributed by atoms with Crippen LogP contribution < -0.4 is 0 Å². The molecule has 0 aliphatic rings. The summed E-state index contributed by atoms with van der Waals surface area (Å²) < 4.78 is 5.44. The van der Waals surface area contributed by atoms with Crippen LogP contribution in [0.2, 0.25) is 25.7 Å². The highest BCUT2D eigenvalue weighted by molar-refractivity contribution is 6.76. The minimum Gasteiger partial charge on any atom is -0.466 e. The van der Waals surface area contributed by atoms with Gasteiger partial charge in [0.1, 0.15) is 0 Å². The number of esters is 1. The maximum absolute atomic E-state index is 12.1. The first kappa shape index (κ1) is 15.9. The Kier molecular flexibility index (Phi) is 5.29. The number of carbonyl (C=O) groups excluding carboxylic acids is 1. The summed E-state index contributed by atoms with van der Waals surface area (Å²) in [4.78, 5) is 16.1. The monoisotopic (exact) mass is 279 g/mol. The van der Waals surface area contributed by atoms with Crippen LogP contribution in [0.3, 0.4) is 0 Å². The molecule has 3 nitrogen and oxygen atoms in total. The predicted molar refractivity (Wildman–Crippen MR) is 80.8 cm³/mol. The summed E-state index contributed by atoms with van der Waals surface area (Å²) in [5.74, 6) is -0.109. The molecule has 0 atom stereocenters. The highest BCUT2D eigenvalue weighted by Gasteiger charge is 2.30. The van der Waals surface area contributed by atoms with Gasteiger partial charge in [0.05, 0.1) is 12.0 Å². The summed E-state index contributed by atoms with van der Waals surface area (Å²) in [7, 11) is -1.14. The Hall–Kier alpha value is -1.16. The number of hydrogen-bond acceptors (Lipinski definition) is 3. The molecule has 1 rings (SSSR count). The summed E-state index contributed by atoms with van der Waals surface area (Å²) in [5, 5.41) is 0. The molecule has 0 aliphatic heterocycles. The molecule has 1 aromatic heterocycles. The molecule has 0 amide bonds. The maximum atomic E-state index is 12.1. The number of ether oxygens (including phenoxy) is 1. The van der Waals surface area contributed by atoms with E-state index in [0.717, 1.165) is 11.6 Å². The summed E-state index contributed by atoms with van der Waals surface area (Å²) in [6, 6.07) is 4.90. The molecule has 0 aliphatic carbocycles. The molecule has 4 heteroatoms. The third-order valence-electron chi connectivity index (χ3n) is 3.03. The second-order valence-electron chi connectivity index (χ2n) is 6.86. The van der Waals surface area contributed by atoms with Gasteiger partial charge >= 0.3 is 5.97 Å². The zero-order valence-electron chi connectivity index (χ0n) is 12.7. The van der Waals surface area contributed by atoms with Crippen LogP contribution in [0.25, 0.3) is 0 Å². The second-order valence-corrected chi connectivity index (χ2v) is 12.5. The van der Waals surface area contributed by atoms with Gasteiger partial charge in [-0.15, -0.1) is 0 Å². The molecule has 19 heavy (non-hydrogen) atoms. The van der Waals surface area contributed by atoms with Gasteiger partial charge in [0.25, 0.3) is 0 Å². The van der Waals surface area contributed by atoms with Gasteiger partial charge in [-0.05, 0) is 44.0 Å². The van der Waals surface area contributed by atoms with E-state index in [4.69, 9.17) is 4.74 Å². The Bertz CT molecular complexity index is 410. The quantitative estimate of drug-likeness (QED) is 0.590. The van der Waals surface area contributed by atoms with Crippen LogP contribution in [0, 0.1) is 5.41 Å². The third kappa shape index (κ3) is 6.01. The average molecular weight is 279 g/mol. The largest absolute Gasteiger partial charge is 0.466 e. The van der Waals surface area contributed by atoms with Crippen LogP contribution in [0.4, 0.5) is 0 Å². The van der Waals surface area contributed by atoms with Crippen molar-refractivity contribution < 1.29 is 9.53 Å². The second kappa shape index (κ2) is 6.33. The highest BCUT2D eigenvalue weighted by atomic mass is 28.3. The third-order valence-corrected chi connectivity index (χ3v) is 4.74. The van der Waals surface area contributed by atoms with Gasteiger partial charge in [0.2, 0.25) is 0 Å². The fraction of sp³-hybridized carbons (Fsp3) is 0.600. The first-order valence-corrected chi connectivity index (χ1v) is 10.5. The SMILES string of the molecule is CC(C)(Cc1ccncc1)C(=O)OCC[Si](C)(C)C. The fourth-order valence-electron chi connectivity index (χ4n) is 1.73. The predicted octanol–water partition coefficient (Wildman–Crippen LogP) is 3.53. The topological polar surface area (TPSA) is 39.2 Å². The molecule has 0 bridgehead atoms. The Morgan fingerprint density at radius 1 is 1.26 bits per heavy atom. The highest BCUT2D eigenvalue weighted by Crippen LogP contribution is 2.23. The van der Waals surface area contributed by atoms with Crippen molar-refractivity contribution in [3.63, 3.8) is 0 Å². The fourth-order valence-corrected chi connectivity index (χ4v) is 2.44. The van der Waals surface area contributed by atoms with E-state index in [9.17, 15) is 4.79 Å². The van der Waals surface area contributed by atoms with Gasteiger partial charge < -0.3 is 4.74 Å². The molecule has 1 aromatic rings. The van der Waals surface area contributed by atoms with Crippen LogP contribution in [0.15, 0.2) is 24.5 Å². The van der Waals surface area contributed by atoms with Crippen LogP contribution >= 0.6 is 0 Å². The molecule has 0 N–H and O–H groups in total. The normalized spacial score (nSPS) is 12.3. The van der Waals surface area contributed by atoms with Crippen molar-refractivity contribution in [2.45, 2.75) is 46.0 Å². The van der Waals surface area contributed by atoms with Crippen LogP contribution in [-0.2, 0) is 16.0 Å². The summed E-state index contributed by atoms with van der Waals surface area (Å²) in [6.45, 7) is 11.3. The molecule has 0 saturated carbocycles. The molecule has 0 saturated heterocycles. The van der Waals surface area contributed by atoms with Crippen LogP contribution in [0.5, 0.6) is 0 Å². The molecule has 1 heterocycles. The lowest BCUT2D eigenvalue weighted by molar-refractivity contribution is -0.153. The lowest BCUT2D eigenvalue weighted by atomic mass is 9.86. The van der Waals surface area contributed by atoms with E-state index in [0.29, 0.717) is 13.0 Å². The Labute approximate surface area is 117 Å². The maximum Gasteiger partial charge on any atom is 0.311 e. The van der Waals surface area contributed by atoms with Crippen LogP contribution in [0.1, 0.15) is 19.4 Å². The molecule has 106 valence electrons. The van der Waals surface area contributed by atoms with Gasteiger partial charge in [-0.3, -0.25) is 9.78 Å². The van der Waals surface area contributed by atoms with E-state index in [-0.39, 0.29) is 5.97 Å². The van der Waals surface area contributed by atoms with Crippen molar-refractivity contribution >= 4 is 14.0 Å². The summed E-state index contributed by atoms with van der Waals surface area (Å²) in [6.07, 6.45) is 4.19. The minimum atomic E-state index is -1.14. The molecular formula is C15H25NO2Si. The molecule has 0 radical (unpaired) electrons. The minimum absolute atomic E-state index is 0.109. The first-order chi connectivity index (χ1) is 8.71. The van der Waals surface area contributed by atoms with Gasteiger partial charge in [-0.2, -0.15) is 0 Å². The van der Waals surface area contributed by atoms with Gasteiger partial charge in [0, 0.05) is 20.5 Å². The van der Waals surface area contributed by atoms with E-state index in [1.54, 1.807) is 12.4 Å². The molecular weight excluding hydrogens is 254 g/mol. The zero-order valence-corrected chi connectivity index (χ0v) is 13.7. The number of rotatable bonds is 6. The zero-order chi connectivity index (χ0) is 14.5. The molecule has 0 unspecified atom stereocenters. The smallest absolute Gasteiger partial charge is 0.311 e. The van der Waals surface area contributed by atoms with E-state index in [1.165, 1.54) is 0 Å². The Morgan fingerprint density at radius 3 is 2.37 bits per heavy atom. The number of nitrogens with zero attached hydrogens (tertiary/aromatic N) is 1. The van der Waals surface area contributed by atoms with Crippen molar-refractivity contribution in [3.8, 4) is 0 Å². The van der Waals surface area contributed by atoms with E-state index in [1.807, 2.05) is 26.0 Å². The lowest BCUT2D eigenvalue weighted by Gasteiger charge is -2.24. The summed E-state index contributed by atoms with van der Waals surface area (Å²) in [5.41, 5.74) is 0.628. The first-order valence-electron chi connectivity index (χ1n) is 6.77. The molecule has 0 aromatic carbocycles. The number of aromatic nitrogens is 1. The van der Waals surface area contributed by atoms with Crippen molar-refractivity contribution in [1.82, 2.24) is 4.98 Å². The van der Waals surface area contributed by atoms with Crippen molar-refractivity contribution in [1.29, 1.82) is 0 Å². The number of carbonyl (C=O) groups is 1. The van der Waals surface area contributed by atoms with E-state index in [2.05, 4.69) is 24.6 Å². The van der Waals surface area contributed by atoms with Gasteiger partial charge in [-0.25, -0.2) is 0 Å². The molecule has 0 spiro atoms. The number of hydrogen-bond donors (Lipinski definition) is 0. The Morgan fingerprint density at radius 2 is 1.84 bits per heavy atom. The van der Waals surface area contributed by atoms with E-state index >= 15 is 0 Å². The van der Waals surface area contributed by atoms with Crippen molar-refractivity contribution in [2.24, 2.45) is 5.41 Å². The van der Waals surface area contributed by atoms with Gasteiger partial charge in [0.15, 0.2) is 0 Å². The standard InChI is InChI=1S/C15H25NO2Si/c1-15(2,12-13-6-8-16-9-7-13)14(17)18-10-11-19(3,4)5/h6-9H,10-12H2,1-5H3. The number of pyridine rings is 1. The van der Waals surface area contributed by atoms with Crippen LogP contribution in [-0.4, -0.2) is 25.6 Å². The Balaban J connectivity index is 2.50. The summed E-state index contributed by atoms with van der Waals surface area (Å²) >= 11 is 0. The lowest BCUT2D eigenvalue weighted by Crippen LogP contribution is -2.31. The van der Waals surface area contributed by atoms with Crippen molar-refractivity contribution in [3.05, 3.63) is 30.1 Å². The average Bonchev–Trinajstić information content (AvgIpc) is 2.27. The van der Waals surface area contributed by atoms with Crippen molar-refractivity contribution in [2.75, 3.05) is 6.61 Å². The molecule has 0 fully saturated rings.